The molecule has 3 aromatic rings. The highest BCUT2D eigenvalue weighted by Crippen LogP contribution is 2.39. The van der Waals surface area contributed by atoms with Crippen LogP contribution in [0, 0.1) is 6.92 Å². The number of hydrogen-bond donors (Lipinski definition) is 1. The summed E-state index contributed by atoms with van der Waals surface area (Å²) >= 11 is 10.1. The van der Waals surface area contributed by atoms with Gasteiger partial charge in [0.2, 0.25) is 0 Å². The summed E-state index contributed by atoms with van der Waals surface area (Å²) in [4.78, 5) is 12.5. The molecule has 132 valence electrons. The zero-order chi connectivity index (χ0) is 18.6. The SMILES string of the molecule is COc1cc2c(/C=C3\C(=O)Nc4ccc(Br)cc43)c(Cl)n(C)c2cc1C. The fourth-order valence-corrected chi connectivity index (χ4v) is 3.98. The monoisotopic (exact) mass is 430 g/mol. The predicted octanol–water partition coefficient (Wildman–Crippen LogP) is 5.40. The zero-order valence-corrected chi connectivity index (χ0v) is 16.8. The molecule has 1 aliphatic rings. The van der Waals surface area contributed by atoms with Crippen LogP contribution >= 0.6 is 27.5 Å². The van der Waals surface area contributed by atoms with Gasteiger partial charge in [0.25, 0.3) is 5.91 Å². The van der Waals surface area contributed by atoms with Crippen molar-refractivity contribution in [3.05, 3.63) is 56.6 Å². The molecular formula is C20H16BrClN2O2. The Bertz CT molecular complexity index is 1110. The third kappa shape index (κ3) is 2.54. The summed E-state index contributed by atoms with van der Waals surface area (Å²) in [6.07, 6.45) is 1.85. The summed E-state index contributed by atoms with van der Waals surface area (Å²) < 4.78 is 8.30. The van der Waals surface area contributed by atoms with E-state index in [0.29, 0.717) is 10.7 Å². The van der Waals surface area contributed by atoms with E-state index >= 15 is 0 Å². The zero-order valence-electron chi connectivity index (χ0n) is 14.5. The Kier molecular flexibility index (Phi) is 4.09. The van der Waals surface area contributed by atoms with Gasteiger partial charge < -0.3 is 14.6 Å². The highest BCUT2D eigenvalue weighted by molar-refractivity contribution is 9.10. The number of ether oxygens (including phenoxy) is 1. The lowest BCUT2D eigenvalue weighted by Crippen LogP contribution is -2.03. The van der Waals surface area contributed by atoms with E-state index in [1.165, 1.54) is 0 Å². The lowest BCUT2D eigenvalue weighted by Gasteiger charge is -2.06. The molecule has 26 heavy (non-hydrogen) atoms. The highest BCUT2D eigenvalue weighted by Gasteiger charge is 2.25. The molecule has 1 amide bonds. The Morgan fingerprint density at radius 2 is 2.04 bits per heavy atom. The minimum Gasteiger partial charge on any atom is -0.496 e. The van der Waals surface area contributed by atoms with Crippen molar-refractivity contribution < 1.29 is 9.53 Å². The fraction of sp³-hybridized carbons (Fsp3) is 0.150. The van der Waals surface area contributed by atoms with Gasteiger partial charge in [-0.05, 0) is 48.9 Å². The first-order chi connectivity index (χ1) is 12.4. The molecule has 0 aliphatic carbocycles. The number of nitrogens with zero attached hydrogens (tertiary/aromatic N) is 1. The highest BCUT2D eigenvalue weighted by atomic mass is 79.9. The summed E-state index contributed by atoms with van der Waals surface area (Å²) in [6, 6.07) is 9.73. The second kappa shape index (κ2) is 6.18. The van der Waals surface area contributed by atoms with Crippen LogP contribution in [0.2, 0.25) is 5.15 Å². The smallest absolute Gasteiger partial charge is 0.256 e. The second-order valence-electron chi connectivity index (χ2n) is 6.30. The molecule has 0 saturated heterocycles. The van der Waals surface area contributed by atoms with Crippen LogP contribution in [0.3, 0.4) is 0 Å². The minimum absolute atomic E-state index is 0.134. The van der Waals surface area contributed by atoms with Gasteiger partial charge in [-0.3, -0.25) is 4.79 Å². The van der Waals surface area contributed by atoms with Crippen molar-refractivity contribution in [3.63, 3.8) is 0 Å². The Morgan fingerprint density at radius 1 is 1.27 bits per heavy atom. The standard InChI is InChI=1S/C20H16BrClN2O2/c1-10-6-17-13(9-18(10)26-3)14(19(22)24(17)2)8-15-12-7-11(21)4-5-16(12)23-20(15)25/h4-9H,1-3H3,(H,23,25)/b15-8-. The number of carbonyl (C=O) groups is 1. The third-order valence-electron chi connectivity index (χ3n) is 4.73. The van der Waals surface area contributed by atoms with Crippen LogP contribution in [0.15, 0.2) is 34.8 Å². The maximum atomic E-state index is 12.5. The number of carbonyl (C=O) groups excluding carboxylic acids is 1. The van der Waals surface area contributed by atoms with Crippen LogP contribution in [0.4, 0.5) is 5.69 Å². The van der Waals surface area contributed by atoms with E-state index in [2.05, 4.69) is 21.2 Å². The Balaban J connectivity index is 1.99. The van der Waals surface area contributed by atoms with Gasteiger partial charge in [0.05, 0.1) is 12.6 Å². The maximum Gasteiger partial charge on any atom is 0.256 e. The average Bonchev–Trinajstić information content (AvgIpc) is 3.04. The summed E-state index contributed by atoms with van der Waals surface area (Å²) in [7, 11) is 3.56. The molecule has 0 fully saturated rings. The molecule has 2 aromatic carbocycles. The number of aromatic nitrogens is 1. The largest absolute Gasteiger partial charge is 0.496 e. The van der Waals surface area contributed by atoms with E-state index in [0.717, 1.165) is 43.5 Å². The van der Waals surface area contributed by atoms with Crippen molar-refractivity contribution in [1.29, 1.82) is 0 Å². The molecule has 2 heterocycles. The van der Waals surface area contributed by atoms with Crippen LogP contribution in [-0.4, -0.2) is 17.6 Å². The minimum atomic E-state index is -0.134. The van der Waals surface area contributed by atoms with Crippen LogP contribution in [0.5, 0.6) is 5.75 Å². The van der Waals surface area contributed by atoms with Crippen molar-refractivity contribution in [2.24, 2.45) is 7.05 Å². The molecule has 0 spiro atoms. The number of nitrogens with one attached hydrogen (secondary N) is 1. The maximum absolute atomic E-state index is 12.5. The molecule has 4 rings (SSSR count). The van der Waals surface area contributed by atoms with Crippen molar-refractivity contribution >= 4 is 61.7 Å². The number of benzene rings is 2. The number of amides is 1. The van der Waals surface area contributed by atoms with Gasteiger partial charge >= 0.3 is 0 Å². The third-order valence-corrected chi connectivity index (χ3v) is 5.69. The Hall–Kier alpha value is -2.24. The molecule has 6 heteroatoms. The fourth-order valence-electron chi connectivity index (χ4n) is 3.37. The molecule has 0 saturated carbocycles. The topological polar surface area (TPSA) is 43.3 Å². The van der Waals surface area contributed by atoms with Crippen LogP contribution in [-0.2, 0) is 11.8 Å². The van der Waals surface area contributed by atoms with Crippen molar-refractivity contribution in [2.45, 2.75) is 6.92 Å². The van der Waals surface area contributed by atoms with Gasteiger partial charge in [-0.25, -0.2) is 0 Å². The first-order valence-corrected chi connectivity index (χ1v) is 9.23. The average molecular weight is 432 g/mol. The lowest BCUT2D eigenvalue weighted by atomic mass is 10.0. The molecule has 1 aliphatic heterocycles. The molecule has 1 N–H and O–H groups in total. The van der Waals surface area contributed by atoms with Gasteiger partial charge in [0.15, 0.2) is 0 Å². The van der Waals surface area contributed by atoms with E-state index in [9.17, 15) is 4.79 Å². The second-order valence-corrected chi connectivity index (χ2v) is 7.58. The van der Waals surface area contributed by atoms with Gasteiger partial charge in [-0.2, -0.15) is 0 Å². The van der Waals surface area contributed by atoms with Crippen molar-refractivity contribution in [3.8, 4) is 5.75 Å². The predicted molar refractivity (Wildman–Crippen MR) is 110 cm³/mol. The van der Waals surface area contributed by atoms with Crippen molar-refractivity contribution in [1.82, 2.24) is 4.57 Å². The van der Waals surface area contributed by atoms with E-state index in [1.807, 2.05) is 54.9 Å². The summed E-state index contributed by atoms with van der Waals surface area (Å²) in [6.45, 7) is 2.00. The molecule has 4 nitrogen and oxygen atoms in total. The van der Waals surface area contributed by atoms with Crippen LogP contribution in [0.25, 0.3) is 22.6 Å². The van der Waals surface area contributed by atoms with Gasteiger partial charge in [-0.1, -0.05) is 27.5 Å². The summed E-state index contributed by atoms with van der Waals surface area (Å²) in [5, 5.41) is 4.43. The van der Waals surface area contributed by atoms with E-state index < -0.39 is 0 Å². The van der Waals surface area contributed by atoms with Crippen molar-refractivity contribution in [2.75, 3.05) is 12.4 Å². The lowest BCUT2D eigenvalue weighted by molar-refractivity contribution is -0.110. The molecule has 0 bridgehead atoms. The quantitative estimate of drug-likeness (QED) is 0.552. The van der Waals surface area contributed by atoms with E-state index in [-0.39, 0.29) is 5.91 Å². The van der Waals surface area contributed by atoms with Gasteiger partial charge in [-0.15, -0.1) is 0 Å². The molecule has 0 unspecified atom stereocenters. The molecule has 0 atom stereocenters. The van der Waals surface area contributed by atoms with E-state index in [1.54, 1.807) is 7.11 Å². The molecular weight excluding hydrogens is 416 g/mol. The number of fused-ring (bicyclic) bond motifs is 2. The number of halogens is 2. The van der Waals surface area contributed by atoms with Gasteiger partial charge in [0.1, 0.15) is 10.9 Å². The van der Waals surface area contributed by atoms with Crippen LogP contribution < -0.4 is 10.1 Å². The van der Waals surface area contributed by atoms with E-state index in [4.69, 9.17) is 16.3 Å². The summed E-state index contributed by atoms with van der Waals surface area (Å²) in [5.41, 5.74) is 5.08. The Morgan fingerprint density at radius 3 is 2.77 bits per heavy atom. The summed E-state index contributed by atoms with van der Waals surface area (Å²) in [5.74, 6) is 0.656. The normalized spacial score (nSPS) is 14.8. The first kappa shape index (κ1) is 17.2. The first-order valence-electron chi connectivity index (χ1n) is 8.06. The number of rotatable bonds is 2. The molecule has 1 aromatic heterocycles. The van der Waals surface area contributed by atoms with Gasteiger partial charge in [0, 0.05) is 39.3 Å². The Labute approximate surface area is 164 Å². The number of aryl methyl sites for hydroxylation is 2. The number of hydrogen-bond acceptors (Lipinski definition) is 2. The van der Waals surface area contributed by atoms with Crippen LogP contribution in [0.1, 0.15) is 16.7 Å². The molecule has 0 radical (unpaired) electrons. The number of anilines is 1. The number of methoxy groups -OCH3 is 1.